The molecule has 0 radical (unpaired) electrons. The molecule has 0 unspecified atom stereocenters. The maximum Gasteiger partial charge on any atom is 0.424 e. The van der Waals surface area contributed by atoms with Crippen LogP contribution >= 0.6 is 0 Å². The maximum absolute atomic E-state index is 13.4. The first kappa shape index (κ1) is 30.6. The summed E-state index contributed by atoms with van der Waals surface area (Å²) in [7, 11) is 0. The molecule has 0 saturated carbocycles. The average Bonchev–Trinajstić information content (AvgIpc) is 3.00. The van der Waals surface area contributed by atoms with Gasteiger partial charge in [-0.05, 0) is 68.7 Å². The molecule has 0 bridgehead atoms. The maximum atomic E-state index is 13.4. The molecule has 0 atom stereocenters. The minimum Gasteiger partial charge on any atom is -0.457 e. The highest BCUT2D eigenvalue weighted by Crippen LogP contribution is 2.18. The summed E-state index contributed by atoms with van der Waals surface area (Å²) in [4.78, 5) is 28.4. The van der Waals surface area contributed by atoms with Gasteiger partial charge < -0.3 is 4.74 Å². The van der Waals surface area contributed by atoms with Crippen LogP contribution in [0.1, 0.15) is 65.4 Å². The van der Waals surface area contributed by atoms with Gasteiger partial charge in [0.05, 0.1) is 17.7 Å². The van der Waals surface area contributed by atoms with Crippen molar-refractivity contribution in [2.45, 2.75) is 53.9 Å². The molecule has 44 heavy (non-hydrogen) atoms. The number of benzene rings is 4. The lowest BCUT2D eigenvalue weighted by atomic mass is 10.1. The largest absolute Gasteiger partial charge is 0.457 e. The topological polar surface area (TPSA) is 50.5 Å². The third kappa shape index (κ3) is 8.15. The van der Waals surface area contributed by atoms with E-state index in [-0.39, 0.29) is 18.5 Å². The Balaban J connectivity index is 1.33. The van der Waals surface area contributed by atoms with E-state index in [0.717, 1.165) is 34.5 Å². The number of rotatable bonds is 10. The Labute approximate surface area is 260 Å². The van der Waals surface area contributed by atoms with Gasteiger partial charge in [0.15, 0.2) is 6.20 Å². The number of esters is 1. The number of nitrogens with zero attached hydrogens (tertiary/aromatic N) is 2. The minimum absolute atomic E-state index is 0.0488. The number of hydrogen-bond donors (Lipinski definition) is 0. The van der Waals surface area contributed by atoms with Crippen LogP contribution in [0.4, 0.5) is 0 Å². The van der Waals surface area contributed by atoms with Crippen LogP contribution in [0, 0.1) is 27.7 Å². The van der Waals surface area contributed by atoms with Crippen molar-refractivity contribution in [3.8, 4) is 0 Å². The predicted molar refractivity (Wildman–Crippen MR) is 173 cm³/mol. The van der Waals surface area contributed by atoms with Crippen molar-refractivity contribution in [3.63, 3.8) is 0 Å². The van der Waals surface area contributed by atoms with Gasteiger partial charge in [-0.2, -0.15) is 0 Å². The van der Waals surface area contributed by atoms with Gasteiger partial charge in [-0.1, -0.05) is 95.1 Å². The Morgan fingerprint density at radius 3 is 1.82 bits per heavy atom. The molecule has 0 amide bonds. The zero-order valence-corrected chi connectivity index (χ0v) is 25.9. The van der Waals surface area contributed by atoms with Crippen molar-refractivity contribution in [1.29, 1.82) is 0 Å². The van der Waals surface area contributed by atoms with Crippen LogP contribution in [0.5, 0.6) is 0 Å². The molecular formula is C39H39N2O3+. The molecule has 5 rings (SSSR count). The second-order valence-corrected chi connectivity index (χ2v) is 11.6. The molecule has 0 aliphatic carbocycles. The first-order valence-electron chi connectivity index (χ1n) is 15.0. The molecular weight excluding hydrogens is 544 g/mol. The summed E-state index contributed by atoms with van der Waals surface area (Å²) < 4.78 is 7.36. The quantitative estimate of drug-likeness (QED) is 0.127. The Bertz CT molecular complexity index is 1720. The Kier molecular flexibility index (Phi) is 9.78. The molecule has 5 heteroatoms. The summed E-state index contributed by atoms with van der Waals surface area (Å²) in [5.74, 6) is -0.367. The molecule has 0 saturated heterocycles. The molecule has 4 aromatic carbocycles. The van der Waals surface area contributed by atoms with E-state index in [2.05, 4.69) is 49.1 Å². The third-order valence-electron chi connectivity index (χ3n) is 7.51. The standard InChI is InChI=1S/C39H39N2O3/c1-28-18-29(2)21-34(20-28)25-40(26-37-12-8-9-17-41(37)38(42)35-10-6-5-7-11-35)24-32-13-15-33(16-14-32)27-44-39(43)36-22-30(3)19-31(4)23-36/h5-23H,24-27H2,1-4H3/q+1. The molecule has 0 aliphatic rings. The SMILES string of the molecule is Cc1cc(C)cc(CN(Cc2ccc(COC(=O)c3cc(C)cc(C)c3)cc2)Cc2cccc[n+]2C(=O)c2ccccc2)c1. The lowest BCUT2D eigenvalue weighted by Gasteiger charge is -2.22. The first-order valence-corrected chi connectivity index (χ1v) is 15.0. The van der Waals surface area contributed by atoms with E-state index in [9.17, 15) is 9.59 Å². The van der Waals surface area contributed by atoms with E-state index >= 15 is 0 Å². The number of aromatic nitrogens is 1. The smallest absolute Gasteiger partial charge is 0.424 e. The van der Waals surface area contributed by atoms with Gasteiger partial charge in [-0.25, -0.2) is 9.59 Å². The fourth-order valence-electron chi connectivity index (χ4n) is 5.66. The van der Waals surface area contributed by atoms with Gasteiger partial charge in [-0.15, -0.1) is 4.57 Å². The molecule has 5 nitrogen and oxygen atoms in total. The highest BCUT2D eigenvalue weighted by Gasteiger charge is 2.23. The fourth-order valence-corrected chi connectivity index (χ4v) is 5.66. The van der Waals surface area contributed by atoms with Crippen molar-refractivity contribution in [2.24, 2.45) is 0 Å². The fraction of sp³-hybridized carbons (Fsp3) is 0.205. The van der Waals surface area contributed by atoms with Gasteiger partial charge in [0.2, 0.25) is 5.69 Å². The van der Waals surface area contributed by atoms with E-state index in [0.29, 0.717) is 24.2 Å². The molecule has 1 heterocycles. The number of pyridine rings is 1. The molecule has 222 valence electrons. The van der Waals surface area contributed by atoms with Crippen molar-refractivity contribution in [3.05, 3.63) is 171 Å². The van der Waals surface area contributed by atoms with Crippen molar-refractivity contribution < 1.29 is 18.9 Å². The van der Waals surface area contributed by atoms with Crippen LogP contribution in [0.3, 0.4) is 0 Å². The molecule has 0 N–H and O–H groups in total. The summed E-state index contributed by atoms with van der Waals surface area (Å²) in [6.07, 6.45) is 1.84. The van der Waals surface area contributed by atoms with E-state index in [1.165, 1.54) is 16.7 Å². The van der Waals surface area contributed by atoms with Gasteiger partial charge in [0, 0.05) is 25.2 Å². The second kappa shape index (κ2) is 14.1. The van der Waals surface area contributed by atoms with Crippen LogP contribution in [-0.2, 0) is 31.0 Å². The molecule has 0 fully saturated rings. The molecule has 5 aromatic rings. The summed E-state index contributed by atoms with van der Waals surface area (Å²) in [6, 6.07) is 35.8. The Morgan fingerprint density at radius 1 is 0.591 bits per heavy atom. The summed E-state index contributed by atoms with van der Waals surface area (Å²) in [5.41, 5.74) is 9.98. The van der Waals surface area contributed by atoms with E-state index < -0.39 is 0 Å². The zero-order chi connectivity index (χ0) is 31.1. The highest BCUT2D eigenvalue weighted by molar-refractivity contribution is 5.89. The van der Waals surface area contributed by atoms with Crippen LogP contribution in [0.15, 0.2) is 115 Å². The number of hydrogen-bond acceptors (Lipinski definition) is 4. The zero-order valence-electron chi connectivity index (χ0n) is 25.9. The third-order valence-corrected chi connectivity index (χ3v) is 7.51. The van der Waals surface area contributed by atoms with E-state index in [1.807, 2.05) is 98.9 Å². The number of ether oxygens (including phenoxy) is 1. The van der Waals surface area contributed by atoms with Gasteiger partial charge in [-0.3, -0.25) is 4.90 Å². The van der Waals surface area contributed by atoms with Crippen LogP contribution in [0.25, 0.3) is 0 Å². The van der Waals surface area contributed by atoms with Gasteiger partial charge in [0.25, 0.3) is 0 Å². The van der Waals surface area contributed by atoms with Crippen molar-refractivity contribution >= 4 is 11.9 Å². The van der Waals surface area contributed by atoms with E-state index in [1.54, 1.807) is 4.57 Å². The predicted octanol–water partition coefficient (Wildman–Crippen LogP) is 7.46. The number of carbonyl (C=O) groups is 2. The van der Waals surface area contributed by atoms with E-state index in [4.69, 9.17) is 4.74 Å². The molecule has 0 aliphatic heterocycles. The number of aryl methyl sites for hydroxylation is 4. The molecule has 1 aromatic heterocycles. The van der Waals surface area contributed by atoms with Gasteiger partial charge in [0.1, 0.15) is 6.61 Å². The Hall–Kier alpha value is -4.87. The summed E-state index contributed by atoms with van der Waals surface area (Å²) in [5, 5.41) is 0. The summed E-state index contributed by atoms with van der Waals surface area (Å²) >= 11 is 0. The lowest BCUT2D eigenvalue weighted by Crippen LogP contribution is -2.47. The summed E-state index contributed by atoms with van der Waals surface area (Å²) in [6.45, 7) is 10.4. The Morgan fingerprint density at radius 2 is 1.16 bits per heavy atom. The number of carbonyl (C=O) groups excluding carboxylic acids is 2. The average molecular weight is 584 g/mol. The highest BCUT2D eigenvalue weighted by atomic mass is 16.5. The minimum atomic E-state index is -0.318. The normalized spacial score (nSPS) is 11.0. The lowest BCUT2D eigenvalue weighted by molar-refractivity contribution is -0.581. The molecule has 0 spiro atoms. The van der Waals surface area contributed by atoms with Gasteiger partial charge >= 0.3 is 11.9 Å². The van der Waals surface area contributed by atoms with Crippen LogP contribution in [-0.4, -0.2) is 16.8 Å². The van der Waals surface area contributed by atoms with Crippen molar-refractivity contribution in [1.82, 2.24) is 4.90 Å². The first-order chi connectivity index (χ1) is 21.2. The second-order valence-electron chi connectivity index (χ2n) is 11.6. The monoisotopic (exact) mass is 583 g/mol. The van der Waals surface area contributed by atoms with Crippen LogP contribution in [0.2, 0.25) is 0 Å². The van der Waals surface area contributed by atoms with Crippen molar-refractivity contribution in [2.75, 3.05) is 0 Å². The van der Waals surface area contributed by atoms with Crippen LogP contribution < -0.4 is 4.57 Å².